The Kier molecular flexibility index (Phi) is 5.39. The summed E-state index contributed by atoms with van der Waals surface area (Å²) in [4.78, 5) is 4.05. The summed E-state index contributed by atoms with van der Waals surface area (Å²) in [5.41, 5.74) is 1.02. The lowest BCUT2D eigenvalue weighted by molar-refractivity contribution is -0.0494. The summed E-state index contributed by atoms with van der Waals surface area (Å²) >= 11 is 1.19. The van der Waals surface area contributed by atoms with Gasteiger partial charge >= 0.3 is 6.61 Å². The number of nitrogens with one attached hydrogen (secondary N) is 1. The molecule has 0 fully saturated rings. The number of amidine groups is 1. The van der Waals surface area contributed by atoms with Gasteiger partial charge in [-0.2, -0.15) is 14.0 Å². The molecule has 0 radical (unpaired) electrons. The summed E-state index contributed by atoms with van der Waals surface area (Å²) in [5, 5.41) is 11.2. The Bertz CT molecular complexity index is 486. The van der Waals surface area contributed by atoms with Gasteiger partial charge in [0, 0.05) is 0 Å². The number of nitrogens with zero attached hydrogens (tertiary/aromatic N) is 2. The average molecular weight is 271 g/mol. The third kappa shape index (κ3) is 4.22. The highest BCUT2D eigenvalue weighted by atomic mass is 32.2. The van der Waals surface area contributed by atoms with E-state index in [0.717, 1.165) is 5.56 Å². The fourth-order valence-electron chi connectivity index (χ4n) is 1.19. The van der Waals surface area contributed by atoms with Crippen molar-refractivity contribution >= 4 is 22.6 Å². The van der Waals surface area contributed by atoms with Crippen LogP contribution in [0.3, 0.4) is 0 Å². The SMILES string of the molecule is CSC(=Nc1ccc(C)cc1OC(F)F)NC#N. The van der Waals surface area contributed by atoms with Crippen LogP contribution >= 0.6 is 11.8 Å². The van der Waals surface area contributed by atoms with Gasteiger partial charge in [-0.15, -0.1) is 0 Å². The molecule has 18 heavy (non-hydrogen) atoms. The zero-order valence-corrected chi connectivity index (χ0v) is 10.6. The third-order valence-corrected chi connectivity index (χ3v) is 2.49. The number of nitriles is 1. The van der Waals surface area contributed by atoms with Crippen molar-refractivity contribution in [3.8, 4) is 11.9 Å². The van der Waals surface area contributed by atoms with Gasteiger partial charge in [0.25, 0.3) is 0 Å². The maximum atomic E-state index is 12.3. The van der Waals surface area contributed by atoms with E-state index in [2.05, 4.69) is 15.0 Å². The number of alkyl halides is 2. The third-order valence-electron chi connectivity index (χ3n) is 1.91. The van der Waals surface area contributed by atoms with Gasteiger partial charge in [-0.05, 0) is 30.9 Å². The molecule has 0 aliphatic heterocycles. The molecule has 1 rings (SSSR count). The molecule has 0 aliphatic rings. The average Bonchev–Trinajstić information content (AvgIpc) is 2.31. The second-order valence-electron chi connectivity index (χ2n) is 3.21. The van der Waals surface area contributed by atoms with E-state index in [1.807, 2.05) is 0 Å². The van der Waals surface area contributed by atoms with Gasteiger partial charge in [-0.25, -0.2) is 4.99 Å². The summed E-state index contributed by atoms with van der Waals surface area (Å²) in [6, 6.07) is 4.75. The lowest BCUT2D eigenvalue weighted by atomic mass is 10.2. The number of aliphatic imine (C=N–C) groups is 1. The molecule has 4 nitrogen and oxygen atoms in total. The van der Waals surface area contributed by atoms with Crippen molar-refractivity contribution in [2.75, 3.05) is 6.26 Å². The van der Waals surface area contributed by atoms with Crippen LogP contribution in [0.5, 0.6) is 5.75 Å². The first-order valence-electron chi connectivity index (χ1n) is 4.90. The van der Waals surface area contributed by atoms with E-state index in [1.54, 1.807) is 31.5 Å². The van der Waals surface area contributed by atoms with E-state index >= 15 is 0 Å². The Hall–Kier alpha value is -1.81. The van der Waals surface area contributed by atoms with Crippen LogP contribution in [0.25, 0.3) is 0 Å². The first-order valence-corrected chi connectivity index (χ1v) is 6.12. The second-order valence-corrected chi connectivity index (χ2v) is 4.00. The summed E-state index contributed by atoms with van der Waals surface area (Å²) in [7, 11) is 0. The molecule has 1 aromatic carbocycles. The lowest BCUT2D eigenvalue weighted by Crippen LogP contribution is -2.12. The Morgan fingerprint density at radius 3 is 2.83 bits per heavy atom. The topological polar surface area (TPSA) is 57.4 Å². The van der Waals surface area contributed by atoms with E-state index in [-0.39, 0.29) is 11.4 Å². The molecule has 0 heterocycles. The maximum Gasteiger partial charge on any atom is 0.387 e. The molecule has 7 heteroatoms. The van der Waals surface area contributed by atoms with Gasteiger partial charge in [-0.1, -0.05) is 17.8 Å². The molecule has 1 aromatic rings. The van der Waals surface area contributed by atoms with E-state index in [4.69, 9.17) is 5.26 Å². The predicted octanol–water partition coefficient (Wildman–Crippen LogP) is 3.02. The van der Waals surface area contributed by atoms with Crippen LogP contribution in [-0.4, -0.2) is 18.0 Å². The standard InChI is InChI=1S/C11H11F2N3OS/c1-7-3-4-8(9(5-7)17-10(12)13)16-11(18-2)15-6-14/h3-5,10H,1-2H3,(H,15,16). The van der Waals surface area contributed by atoms with Crippen molar-refractivity contribution in [3.63, 3.8) is 0 Å². The van der Waals surface area contributed by atoms with Crippen molar-refractivity contribution in [2.45, 2.75) is 13.5 Å². The van der Waals surface area contributed by atoms with E-state index in [1.165, 1.54) is 17.8 Å². The Morgan fingerprint density at radius 2 is 2.28 bits per heavy atom. The summed E-state index contributed by atoms with van der Waals surface area (Å²) in [6.45, 7) is -1.16. The fourth-order valence-corrected chi connectivity index (χ4v) is 1.52. The molecule has 0 saturated carbocycles. The molecule has 1 N–H and O–H groups in total. The molecule has 96 valence electrons. The van der Waals surface area contributed by atoms with Crippen LogP contribution in [0, 0.1) is 18.4 Å². The Balaban J connectivity index is 3.11. The molecule has 0 bridgehead atoms. The second kappa shape index (κ2) is 6.81. The van der Waals surface area contributed by atoms with Crippen LogP contribution in [0.4, 0.5) is 14.5 Å². The highest BCUT2D eigenvalue weighted by Crippen LogP contribution is 2.30. The first-order chi connectivity index (χ1) is 8.56. The summed E-state index contributed by atoms with van der Waals surface area (Å²) < 4.78 is 28.9. The number of rotatable bonds is 3. The van der Waals surface area contributed by atoms with E-state index in [0.29, 0.717) is 5.17 Å². The van der Waals surface area contributed by atoms with Gasteiger partial charge in [0.15, 0.2) is 17.1 Å². The minimum atomic E-state index is -2.91. The quantitative estimate of drug-likeness (QED) is 0.397. The van der Waals surface area contributed by atoms with E-state index < -0.39 is 6.61 Å². The monoisotopic (exact) mass is 271 g/mol. The molecule has 0 aromatic heterocycles. The number of aryl methyl sites for hydroxylation is 1. The molecule has 0 amide bonds. The Morgan fingerprint density at radius 1 is 1.56 bits per heavy atom. The van der Waals surface area contributed by atoms with Crippen molar-refractivity contribution in [2.24, 2.45) is 4.99 Å². The number of thioether (sulfide) groups is 1. The lowest BCUT2D eigenvalue weighted by Gasteiger charge is -2.09. The first kappa shape index (κ1) is 14.3. The molecule has 0 spiro atoms. The highest BCUT2D eigenvalue weighted by Gasteiger charge is 2.10. The molecular formula is C11H11F2N3OS. The normalized spacial score (nSPS) is 11.2. The van der Waals surface area contributed by atoms with Gasteiger partial charge in [0.05, 0.1) is 0 Å². The number of ether oxygens (including phenoxy) is 1. The highest BCUT2D eigenvalue weighted by molar-refractivity contribution is 8.13. The number of hydrogen-bond acceptors (Lipinski definition) is 4. The molecular weight excluding hydrogens is 260 g/mol. The summed E-state index contributed by atoms with van der Waals surface area (Å²) in [5.74, 6) is -0.0173. The maximum absolute atomic E-state index is 12.3. The van der Waals surface area contributed by atoms with Gasteiger partial charge in [0.1, 0.15) is 5.69 Å². The minimum absolute atomic E-state index is 0.0173. The molecule has 0 atom stereocenters. The van der Waals surface area contributed by atoms with Gasteiger partial charge < -0.3 is 4.74 Å². The summed E-state index contributed by atoms with van der Waals surface area (Å²) in [6.07, 6.45) is 3.43. The molecule has 0 saturated heterocycles. The van der Waals surface area contributed by atoms with Crippen LogP contribution < -0.4 is 10.1 Å². The zero-order chi connectivity index (χ0) is 13.5. The van der Waals surface area contributed by atoms with Gasteiger partial charge in [-0.3, -0.25) is 5.32 Å². The molecule has 0 unspecified atom stereocenters. The number of hydrogen-bond donors (Lipinski definition) is 1. The van der Waals surface area contributed by atoms with Crippen LogP contribution in [-0.2, 0) is 0 Å². The van der Waals surface area contributed by atoms with Crippen molar-refractivity contribution in [1.82, 2.24) is 5.32 Å². The number of halogens is 2. The smallest absolute Gasteiger partial charge is 0.387 e. The van der Waals surface area contributed by atoms with Crippen LogP contribution in [0.2, 0.25) is 0 Å². The van der Waals surface area contributed by atoms with Gasteiger partial charge in [0.2, 0.25) is 0 Å². The van der Waals surface area contributed by atoms with Crippen molar-refractivity contribution < 1.29 is 13.5 Å². The predicted molar refractivity (Wildman–Crippen MR) is 67.2 cm³/mol. The Labute approximate surface area is 108 Å². The minimum Gasteiger partial charge on any atom is -0.433 e. The fraction of sp³-hybridized carbons (Fsp3) is 0.273. The zero-order valence-electron chi connectivity index (χ0n) is 9.78. The van der Waals surface area contributed by atoms with Crippen LogP contribution in [0.15, 0.2) is 23.2 Å². The van der Waals surface area contributed by atoms with Crippen molar-refractivity contribution in [3.05, 3.63) is 23.8 Å². The molecule has 0 aliphatic carbocycles. The largest absolute Gasteiger partial charge is 0.433 e. The van der Waals surface area contributed by atoms with Crippen LogP contribution in [0.1, 0.15) is 5.56 Å². The van der Waals surface area contributed by atoms with E-state index in [9.17, 15) is 8.78 Å². The van der Waals surface area contributed by atoms with Crippen molar-refractivity contribution in [1.29, 1.82) is 5.26 Å². The number of benzene rings is 1.